The first kappa shape index (κ1) is 19.1. The Hall–Kier alpha value is -2.27. The molecule has 5 heteroatoms. The van der Waals surface area contributed by atoms with E-state index in [0.29, 0.717) is 25.1 Å². The summed E-state index contributed by atoms with van der Waals surface area (Å²) in [4.78, 5) is 12.2. The molecule has 1 amide bonds. The predicted octanol–water partition coefficient (Wildman–Crippen LogP) is 3.93. The van der Waals surface area contributed by atoms with Gasteiger partial charge in [0.15, 0.2) is 0 Å². The molecule has 136 valence electrons. The van der Waals surface area contributed by atoms with E-state index in [1.807, 2.05) is 19.9 Å². The molecule has 0 aliphatic heterocycles. The van der Waals surface area contributed by atoms with E-state index in [1.54, 1.807) is 24.3 Å². The van der Waals surface area contributed by atoms with Gasteiger partial charge >= 0.3 is 0 Å². The number of aryl methyl sites for hydroxylation is 2. The smallest absolute Gasteiger partial charge is 0.251 e. The summed E-state index contributed by atoms with van der Waals surface area (Å²) in [6, 6.07) is 8.93. The second kappa shape index (κ2) is 9.28. The first-order valence-corrected chi connectivity index (χ1v) is 8.77. The van der Waals surface area contributed by atoms with Crippen molar-refractivity contribution in [3.63, 3.8) is 0 Å². The van der Waals surface area contributed by atoms with E-state index in [9.17, 15) is 9.90 Å². The molecule has 2 aromatic rings. The number of benzene rings is 1. The van der Waals surface area contributed by atoms with Crippen molar-refractivity contribution in [3.05, 3.63) is 53.0 Å². The maximum atomic E-state index is 12.2. The van der Waals surface area contributed by atoms with Crippen LogP contribution in [0.1, 0.15) is 59.7 Å². The normalized spacial score (nSPS) is 12.0. The van der Waals surface area contributed by atoms with E-state index in [0.717, 1.165) is 35.7 Å². The molecule has 0 saturated heterocycles. The number of carbonyl (C=O) groups excluding carboxylic acids is 1. The van der Waals surface area contributed by atoms with E-state index in [-0.39, 0.29) is 5.91 Å². The number of aliphatic hydroxyl groups excluding tert-OH is 1. The summed E-state index contributed by atoms with van der Waals surface area (Å²) in [6.45, 7) is 6.86. The maximum absolute atomic E-state index is 12.2. The minimum Gasteiger partial charge on any atom is -0.494 e. The number of furan rings is 1. The summed E-state index contributed by atoms with van der Waals surface area (Å²) >= 11 is 0. The zero-order valence-corrected chi connectivity index (χ0v) is 15.2. The molecule has 1 heterocycles. The average Bonchev–Trinajstić information content (AvgIpc) is 2.94. The highest BCUT2D eigenvalue weighted by Crippen LogP contribution is 2.23. The summed E-state index contributed by atoms with van der Waals surface area (Å²) in [6.07, 6.45) is 1.89. The van der Waals surface area contributed by atoms with Crippen molar-refractivity contribution in [1.82, 2.24) is 5.32 Å². The number of nitrogens with one attached hydrogen (secondary N) is 1. The van der Waals surface area contributed by atoms with E-state index >= 15 is 0 Å². The van der Waals surface area contributed by atoms with Crippen molar-refractivity contribution in [3.8, 4) is 5.75 Å². The summed E-state index contributed by atoms with van der Waals surface area (Å²) in [5.41, 5.74) is 1.35. The van der Waals surface area contributed by atoms with Crippen LogP contribution in [0, 0.1) is 13.8 Å². The van der Waals surface area contributed by atoms with Gasteiger partial charge in [0.2, 0.25) is 0 Å². The molecule has 0 bridgehead atoms. The van der Waals surface area contributed by atoms with Gasteiger partial charge in [-0.2, -0.15) is 0 Å². The average molecular weight is 345 g/mol. The molecule has 1 aromatic heterocycles. The standard InChI is InChI=1S/C20H27NO4/c1-4-5-12-24-17-8-6-16(7-9-17)20(23)21-11-10-19(22)18-13-14(2)25-15(18)3/h6-9,13,19,22H,4-5,10-12H2,1-3H3,(H,21,23). The SMILES string of the molecule is CCCCOc1ccc(C(=O)NCCC(O)c2cc(C)oc2C)cc1. The largest absolute Gasteiger partial charge is 0.494 e. The van der Waals surface area contributed by atoms with Crippen LogP contribution in [-0.2, 0) is 0 Å². The van der Waals surface area contributed by atoms with Gasteiger partial charge in [0.05, 0.1) is 12.7 Å². The van der Waals surface area contributed by atoms with Crippen molar-refractivity contribution in [2.24, 2.45) is 0 Å². The van der Waals surface area contributed by atoms with E-state index in [1.165, 1.54) is 0 Å². The highest BCUT2D eigenvalue weighted by molar-refractivity contribution is 5.94. The molecule has 1 atom stereocenters. The van der Waals surface area contributed by atoms with Gasteiger partial charge in [-0.25, -0.2) is 0 Å². The van der Waals surface area contributed by atoms with Gasteiger partial charge in [0.25, 0.3) is 5.91 Å². The first-order chi connectivity index (χ1) is 12.0. The van der Waals surface area contributed by atoms with Crippen LogP contribution >= 0.6 is 0 Å². The fraction of sp³-hybridized carbons (Fsp3) is 0.450. The molecule has 1 aromatic carbocycles. The predicted molar refractivity (Wildman–Crippen MR) is 96.9 cm³/mol. The van der Waals surface area contributed by atoms with Crippen LogP contribution in [0.3, 0.4) is 0 Å². The Labute approximate surface area is 149 Å². The van der Waals surface area contributed by atoms with Crippen LogP contribution in [-0.4, -0.2) is 24.2 Å². The summed E-state index contributed by atoms with van der Waals surface area (Å²) in [5.74, 6) is 2.10. The van der Waals surface area contributed by atoms with Crippen molar-refractivity contribution < 1.29 is 19.1 Å². The Morgan fingerprint density at radius 2 is 2.00 bits per heavy atom. The van der Waals surface area contributed by atoms with Crippen LogP contribution in [0.15, 0.2) is 34.7 Å². The van der Waals surface area contributed by atoms with Crippen LogP contribution in [0.2, 0.25) is 0 Å². The molecule has 2 N–H and O–H groups in total. The monoisotopic (exact) mass is 345 g/mol. The molecule has 5 nitrogen and oxygen atoms in total. The molecule has 0 saturated carbocycles. The Morgan fingerprint density at radius 3 is 2.60 bits per heavy atom. The second-order valence-corrected chi connectivity index (χ2v) is 6.16. The Morgan fingerprint density at radius 1 is 1.28 bits per heavy atom. The fourth-order valence-corrected chi connectivity index (χ4v) is 2.60. The number of rotatable bonds is 9. The Bertz CT molecular complexity index is 676. The third-order valence-electron chi connectivity index (χ3n) is 4.02. The van der Waals surface area contributed by atoms with E-state index in [4.69, 9.17) is 9.15 Å². The Balaban J connectivity index is 1.79. The van der Waals surface area contributed by atoms with Gasteiger partial charge in [-0.15, -0.1) is 0 Å². The zero-order chi connectivity index (χ0) is 18.2. The summed E-state index contributed by atoms with van der Waals surface area (Å²) in [7, 11) is 0. The Kier molecular flexibility index (Phi) is 7.07. The van der Waals surface area contributed by atoms with Crippen molar-refractivity contribution >= 4 is 5.91 Å². The van der Waals surface area contributed by atoms with Gasteiger partial charge in [-0.05, 0) is 57.0 Å². The first-order valence-electron chi connectivity index (χ1n) is 8.77. The van der Waals surface area contributed by atoms with Crippen LogP contribution in [0.25, 0.3) is 0 Å². The van der Waals surface area contributed by atoms with Crippen LogP contribution in [0.4, 0.5) is 0 Å². The molecule has 2 rings (SSSR count). The van der Waals surface area contributed by atoms with Crippen molar-refractivity contribution in [2.75, 3.05) is 13.2 Å². The molecule has 0 fully saturated rings. The highest BCUT2D eigenvalue weighted by atomic mass is 16.5. The van der Waals surface area contributed by atoms with E-state index < -0.39 is 6.10 Å². The molecular weight excluding hydrogens is 318 g/mol. The molecule has 0 spiro atoms. The van der Waals surface area contributed by atoms with Gasteiger partial charge in [-0.3, -0.25) is 4.79 Å². The quantitative estimate of drug-likeness (QED) is 0.676. The zero-order valence-electron chi connectivity index (χ0n) is 15.2. The minimum absolute atomic E-state index is 0.160. The lowest BCUT2D eigenvalue weighted by Gasteiger charge is -2.11. The number of carbonyl (C=O) groups is 1. The summed E-state index contributed by atoms with van der Waals surface area (Å²) < 4.78 is 11.0. The second-order valence-electron chi connectivity index (χ2n) is 6.16. The lowest BCUT2D eigenvalue weighted by molar-refractivity contribution is 0.0942. The van der Waals surface area contributed by atoms with Gasteiger partial charge < -0.3 is 19.6 Å². The lowest BCUT2D eigenvalue weighted by Crippen LogP contribution is -2.25. The molecule has 0 aliphatic carbocycles. The number of unbranched alkanes of at least 4 members (excludes halogenated alkanes) is 1. The lowest BCUT2D eigenvalue weighted by atomic mass is 10.1. The van der Waals surface area contributed by atoms with E-state index in [2.05, 4.69) is 12.2 Å². The van der Waals surface area contributed by atoms with Crippen molar-refractivity contribution in [1.29, 1.82) is 0 Å². The number of ether oxygens (including phenoxy) is 1. The third kappa shape index (κ3) is 5.64. The summed E-state index contributed by atoms with van der Waals surface area (Å²) in [5, 5.41) is 13.0. The highest BCUT2D eigenvalue weighted by Gasteiger charge is 2.15. The molecule has 1 unspecified atom stereocenters. The maximum Gasteiger partial charge on any atom is 0.251 e. The fourth-order valence-electron chi connectivity index (χ4n) is 2.60. The third-order valence-corrected chi connectivity index (χ3v) is 4.02. The molecular formula is C20H27NO4. The number of aliphatic hydroxyl groups is 1. The number of amides is 1. The van der Waals surface area contributed by atoms with Gasteiger partial charge in [-0.1, -0.05) is 13.3 Å². The van der Waals surface area contributed by atoms with Crippen LogP contribution in [0.5, 0.6) is 5.75 Å². The molecule has 0 aliphatic rings. The number of hydrogen-bond acceptors (Lipinski definition) is 4. The molecule has 0 radical (unpaired) electrons. The van der Waals surface area contributed by atoms with Crippen LogP contribution < -0.4 is 10.1 Å². The van der Waals surface area contributed by atoms with Gasteiger partial charge in [0.1, 0.15) is 17.3 Å². The molecule has 25 heavy (non-hydrogen) atoms. The topological polar surface area (TPSA) is 71.7 Å². The van der Waals surface area contributed by atoms with Crippen molar-refractivity contribution in [2.45, 2.75) is 46.1 Å². The van der Waals surface area contributed by atoms with Gasteiger partial charge in [0, 0.05) is 17.7 Å². The number of hydrogen-bond donors (Lipinski definition) is 2. The minimum atomic E-state index is -0.646.